The summed E-state index contributed by atoms with van der Waals surface area (Å²) in [4.78, 5) is 0. The van der Waals surface area contributed by atoms with Crippen LogP contribution in [0.15, 0.2) is 60.7 Å². The Morgan fingerprint density at radius 2 is 1.00 bits per heavy atom. The van der Waals surface area contributed by atoms with Gasteiger partial charge in [0.2, 0.25) is 0 Å². The monoisotopic (exact) mass is 486 g/mol. The maximum absolute atomic E-state index is 3.29. The average Bonchev–Trinajstić information content (AvgIpc) is 2.43. The molecule has 2 rings (SSSR count). The van der Waals surface area contributed by atoms with Crippen LogP contribution in [0.2, 0.25) is 0 Å². The molecule has 0 aromatic heterocycles. The van der Waals surface area contributed by atoms with Crippen LogP contribution in [0, 0.1) is 0 Å². The van der Waals surface area contributed by atoms with Crippen LogP contribution in [-0.2, 0) is 3.21 Å². The second-order valence-corrected chi connectivity index (χ2v) is 11.7. The van der Waals surface area contributed by atoms with Crippen molar-refractivity contribution in [2.24, 2.45) is 0 Å². The van der Waals surface area contributed by atoms with E-state index < -0.39 is 0 Å². The van der Waals surface area contributed by atoms with Crippen molar-refractivity contribution in [2.45, 2.75) is 3.21 Å². The Hall–Kier alpha value is 0.518. The molecule has 4 heteroatoms. The predicted octanol–water partition coefficient (Wildman–Crippen LogP) is 1.46. The molecule has 2 radical (unpaired) electrons. The molecule has 0 N–H and O–H groups in total. The van der Waals surface area contributed by atoms with Gasteiger partial charge in [-0.15, -0.1) is 0 Å². The van der Waals surface area contributed by atoms with Gasteiger partial charge in [-0.25, -0.2) is 0 Å². The first-order valence-corrected chi connectivity index (χ1v) is 15.4. The molecule has 0 bridgehead atoms. The summed E-state index contributed by atoms with van der Waals surface area (Å²) in [6, 6.07) is 21.6. The van der Waals surface area contributed by atoms with Crippen molar-refractivity contribution in [3.05, 3.63) is 71.8 Å². The Balaban J connectivity index is 2.54. The maximum atomic E-state index is 3.29. The summed E-state index contributed by atoms with van der Waals surface area (Å²) in [5, 5.41) is 0. The van der Waals surface area contributed by atoms with Crippen LogP contribution in [-0.4, -0.2) is 54.6 Å². The topological polar surface area (TPSA) is 0 Å². The molecule has 0 saturated carbocycles. The molecular formula is C13H10Se4. The van der Waals surface area contributed by atoms with Crippen LogP contribution in [0.25, 0.3) is 0 Å². The first-order chi connectivity index (χ1) is 8.33. The minimum atomic E-state index is 0.183. The molecule has 0 aliphatic rings. The quantitative estimate of drug-likeness (QED) is 0.580. The fourth-order valence-electron chi connectivity index (χ4n) is 1.69. The van der Waals surface area contributed by atoms with E-state index in [4.69, 9.17) is 0 Å². The van der Waals surface area contributed by atoms with Crippen molar-refractivity contribution >= 4 is 54.6 Å². The van der Waals surface area contributed by atoms with Gasteiger partial charge in [0, 0.05) is 0 Å². The molecule has 0 fully saturated rings. The summed E-state index contributed by atoms with van der Waals surface area (Å²) in [6.45, 7) is 0. The minimum absolute atomic E-state index is 0.183. The molecule has 0 aliphatic heterocycles. The molecule has 0 unspecified atom stereocenters. The first-order valence-electron chi connectivity index (χ1n) is 5.06. The fourth-order valence-corrected chi connectivity index (χ4v) is 17.9. The van der Waals surface area contributed by atoms with Crippen LogP contribution < -0.4 is 0 Å². The third-order valence-electron chi connectivity index (χ3n) is 2.54. The van der Waals surface area contributed by atoms with Gasteiger partial charge >= 0.3 is 130 Å². The summed E-state index contributed by atoms with van der Waals surface area (Å²) in [5.74, 6) is 0. The van der Waals surface area contributed by atoms with Crippen LogP contribution in [0.3, 0.4) is 0 Å². The van der Waals surface area contributed by atoms with E-state index >= 15 is 0 Å². The summed E-state index contributed by atoms with van der Waals surface area (Å²) in [7, 11) is 0. The van der Waals surface area contributed by atoms with Gasteiger partial charge in [-0.05, 0) is 0 Å². The zero-order valence-electron chi connectivity index (χ0n) is 8.91. The van der Waals surface area contributed by atoms with E-state index in [-0.39, 0.29) is 3.21 Å². The van der Waals surface area contributed by atoms with E-state index in [1.807, 2.05) is 0 Å². The van der Waals surface area contributed by atoms with Gasteiger partial charge in [-0.1, -0.05) is 0 Å². The van der Waals surface area contributed by atoms with Gasteiger partial charge < -0.3 is 0 Å². The van der Waals surface area contributed by atoms with Crippen molar-refractivity contribution in [3.8, 4) is 0 Å². The van der Waals surface area contributed by atoms with Crippen LogP contribution >= 0.6 is 0 Å². The van der Waals surface area contributed by atoms with E-state index in [2.05, 4.69) is 89.0 Å². The van der Waals surface area contributed by atoms with Crippen molar-refractivity contribution in [1.82, 2.24) is 0 Å². The zero-order chi connectivity index (χ0) is 12.1. The summed E-state index contributed by atoms with van der Waals surface area (Å²) < 4.78 is 0.183. The Kier molecular flexibility index (Phi) is 5.43. The van der Waals surface area contributed by atoms with Crippen molar-refractivity contribution in [1.29, 1.82) is 0 Å². The van der Waals surface area contributed by atoms with Gasteiger partial charge in [0.1, 0.15) is 0 Å². The molecule has 0 saturated heterocycles. The molecule has 0 atom stereocenters. The fraction of sp³-hybridized carbons (Fsp3) is 0.0769. The summed E-state index contributed by atoms with van der Waals surface area (Å²) in [6.07, 6.45) is 0. The second kappa shape index (κ2) is 6.62. The molecule has 86 valence electrons. The number of hydrogen-bond donors (Lipinski definition) is 0. The SMILES string of the molecule is [Se][Se]C([Se][Se])(c1ccccc1)c1ccccc1. The molecule has 0 amide bonds. The summed E-state index contributed by atoms with van der Waals surface area (Å²) in [5.41, 5.74) is 2.84. The third-order valence-corrected chi connectivity index (χ3v) is 18.3. The molecule has 0 nitrogen and oxygen atoms in total. The van der Waals surface area contributed by atoms with Gasteiger partial charge in [-0.2, -0.15) is 0 Å². The molecule has 0 aliphatic carbocycles. The van der Waals surface area contributed by atoms with Crippen molar-refractivity contribution in [3.63, 3.8) is 0 Å². The van der Waals surface area contributed by atoms with Gasteiger partial charge in [-0.3, -0.25) is 0 Å². The standard InChI is InChI=1S/C13H10Se4/c14-16-13(17-15,11-7-3-1-4-8-11)12-9-5-2-6-10-12/h1-10H. The number of rotatable bonds is 4. The van der Waals surface area contributed by atoms with E-state index in [1.54, 1.807) is 0 Å². The Morgan fingerprint density at radius 1 is 0.647 bits per heavy atom. The van der Waals surface area contributed by atoms with Crippen molar-refractivity contribution < 1.29 is 0 Å². The zero-order valence-corrected chi connectivity index (χ0v) is 15.8. The van der Waals surface area contributed by atoms with E-state index in [0.29, 0.717) is 26.3 Å². The van der Waals surface area contributed by atoms with Crippen LogP contribution in [0.1, 0.15) is 11.1 Å². The Morgan fingerprint density at radius 3 is 1.29 bits per heavy atom. The number of benzene rings is 2. The summed E-state index contributed by atoms with van der Waals surface area (Å²) >= 11 is 7.41. The first kappa shape index (κ1) is 13.9. The number of hydrogen-bond acceptors (Lipinski definition) is 0. The molecule has 0 spiro atoms. The molecule has 2 aromatic carbocycles. The van der Waals surface area contributed by atoms with E-state index in [0.717, 1.165) is 0 Å². The van der Waals surface area contributed by atoms with E-state index in [9.17, 15) is 0 Å². The predicted molar refractivity (Wildman–Crippen MR) is 76.7 cm³/mol. The molecule has 17 heavy (non-hydrogen) atoms. The average molecular weight is 482 g/mol. The Bertz CT molecular complexity index is 410. The molecule has 0 heterocycles. The normalized spacial score (nSPS) is 11.4. The van der Waals surface area contributed by atoms with Crippen molar-refractivity contribution in [2.75, 3.05) is 0 Å². The van der Waals surface area contributed by atoms with Gasteiger partial charge in [0.15, 0.2) is 0 Å². The van der Waals surface area contributed by atoms with E-state index in [1.165, 1.54) is 11.1 Å². The van der Waals surface area contributed by atoms with Crippen LogP contribution in [0.5, 0.6) is 0 Å². The van der Waals surface area contributed by atoms with Crippen LogP contribution in [0.4, 0.5) is 0 Å². The molecular weight excluding hydrogens is 472 g/mol. The van der Waals surface area contributed by atoms with Gasteiger partial charge in [0.05, 0.1) is 0 Å². The molecule has 2 aromatic rings. The second-order valence-electron chi connectivity index (χ2n) is 3.52. The third kappa shape index (κ3) is 2.92. The Labute approximate surface area is 128 Å². The van der Waals surface area contributed by atoms with Gasteiger partial charge in [0.25, 0.3) is 0 Å².